The zero-order valence-corrected chi connectivity index (χ0v) is 13.8. The lowest BCUT2D eigenvalue weighted by Crippen LogP contribution is -2.46. The number of aromatic hydroxyl groups is 1. The van der Waals surface area contributed by atoms with Gasteiger partial charge in [-0.05, 0) is 35.9 Å². The van der Waals surface area contributed by atoms with Gasteiger partial charge in [0.25, 0.3) is 0 Å². The van der Waals surface area contributed by atoms with Crippen LogP contribution in [0, 0.1) is 0 Å². The summed E-state index contributed by atoms with van der Waals surface area (Å²) in [6, 6.07) is 11.6. The Bertz CT molecular complexity index is 679. The van der Waals surface area contributed by atoms with Gasteiger partial charge in [0, 0.05) is 15.5 Å². The molecule has 0 atom stereocenters. The van der Waals surface area contributed by atoms with E-state index in [-0.39, 0.29) is 10.8 Å². The van der Waals surface area contributed by atoms with Gasteiger partial charge < -0.3 is 41.6 Å². The van der Waals surface area contributed by atoms with Crippen LogP contribution in [0.5, 0.6) is 5.75 Å². The minimum absolute atomic E-state index is 0.0618. The second kappa shape index (κ2) is 9.56. The largest absolute Gasteiger partial charge is 0.508 e. The minimum atomic E-state index is -3.38. The number of aliphatic hydroxyl groups is 5. The first-order valence-electron chi connectivity index (χ1n) is 6.88. The van der Waals surface area contributed by atoms with Crippen molar-refractivity contribution in [2.24, 2.45) is 0 Å². The van der Waals surface area contributed by atoms with E-state index >= 15 is 0 Å². The van der Waals surface area contributed by atoms with Gasteiger partial charge in [-0.25, -0.2) is 0 Å². The first-order valence-corrected chi connectivity index (χ1v) is 7.70. The lowest BCUT2D eigenvalue weighted by Gasteiger charge is -2.24. The van der Waals surface area contributed by atoms with Gasteiger partial charge in [0.15, 0.2) is 0 Å². The van der Waals surface area contributed by atoms with Crippen molar-refractivity contribution in [1.29, 1.82) is 0 Å². The number of hydrogen-bond donors (Lipinski definition) is 8. The normalized spacial score (nSPS) is 11.2. The fourth-order valence-electron chi connectivity index (χ4n) is 1.75. The molecule has 0 aromatic heterocycles. The first-order chi connectivity index (χ1) is 11.7. The molecule has 10 heteroatoms. The maximum atomic E-state index is 9.55. The Labute approximate surface area is 147 Å². The van der Waals surface area contributed by atoms with Crippen LogP contribution >= 0.6 is 11.8 Å². The Morgan fingerprint density at radius 1 is 1.00 bits per heavy atom. The van der Waals surface area contributed by atoms with Crippen LogP contribution in [-0.2, 0) is 6.54 Å². The number of hydroxylamine groups is 2. The van der Waals surface area contributed by atoms with E-state index in [1.807, 2.05) is 12.1 Å². The molecular formula is C15H20N2O7S. The number of aliphatic hydroxyl groups excluding tert-OH is 1. The number of phenols is 1. The Hall–Kier alpha value is -1.89. The summed E-state index contributed by atoms with van der Waals surface area (Å²) in [7, 11) is 0. The highest BCUT2D eigenvalue weighted by atomic mass is 32.2. The summed E-state index contributed by atoms with van der Waals surface area (Å²) in [4.78, 5) is 1.39. The maximum absolute atomic E-state index is 9.55. The number of nitrogens with two attached hydrogens (primary N) is 1. The monoisotopic (exact) mass is 372 g/mol. The van der Waals surface area contributed by atoms with Crippen molar-refractivity contribution in [3.8, 4) is 5.75 Å². The number of anilines is 1. The van der Waals surface area contributed by atoms with Crippen LogP contribution < -0.4 is 5.73 Å². The van der Waals surface area contributed by atoms with Crippen LogP contribution in [0.4, 0.5) is 5.69 Å². The number of rotatable bonds is 5. The molecule has 0 saturated heterocycles. The number of phenolic OH excluding ortho intramolecular Hbond substituents is 1. The maximum Gasteiger partial charge on any atom is 0.368 e. The minimum Gasteiger partial charge on any atom is -0.508 e. The highest BCUT2D eigenvalue weighted by Crippen LogP contribution is 2.36. The lowest BCUT2D eigenvalue weighted by molar-refractivity contribution is -0.463. The number of hydrogen-bond acceptors (Lipinski definition) is 10. The molecule has 2 aromatic rings. The second-order valence-corrected chi connectivity index (χ2v) is 5.81. The summed E-state index contributed by atoms with van der Waals surface area (Å²) in [5, 5.41) is 60.0. The highest BCUT2D eigenvalue weighted by molar-refractivity contribution is 7.99. The molecule has 0 spiro atoms. The molecule has 25 heavy (non-hydrogen) atoms. The van der Waals surface area contributed by atoms with Crippen molar-refractivity contribution >= 4 is 17.4 Å². The molecule has 0 aliphatic rings. The van der Waals surface area contributed by atoms with Gasteiger partial charge in [0.1, 0.15) is 12.5 Å². The molecule has 2 rings (SSSR count). The van der Waals surface area contributed by atoms with Crippen LogP contribution in [0.2, 0.25) is 0 Å². The lowest BCUT2D eigenvalue weighted by atomic mass is 10.2. The smallest absolute Gasteiger partial charge is 0.368 e. The zero-order chi connectivity index (χ0) is 19.0. The average Bonchev–Trinajstić information content (AvgIpc) is 2.52. The topological polar surface area (TPSA) is 171 Å². The van der Waals surface area contributed by atoms with Gasteiger partial charge in [-0.1, -0.05) is 23.9 Å². The molecule has 9 N–H and O–H groups in total. The summed E-state index contributed by atoms with van der Waals surface area (Å²) in [6.07, 6.45) is -3.38. The van der Waals surface area contributed by atoms with Crippen LogP contribution in [0.15, 0.2) is 52.3 Å². The van der Waals surface area contributed by atoms with E-state index in [0.29, 0.717) is 16.1 Å². The number of benzene rings is 2. The SMILES string of the molecule is Nc1ccccc1Sc1ccc(O)cc1CN(O)C(O)(O)O.OCO. The second-order valence-electron chi connectivity index (χ2n) is 4.73. The van der Waals surface area contributed by atoms with Gasteiger partial charge in [-0.3, -0.25) is 0 Å². The third kappa shape index (κ3) is 6.86. The molecule has 0 fully saturated rings. The molecule has 0 unspecified atom stereocenters. The average molecular weight is 372 g/mol. The van der Waals surface area contributed by atoms with E-state index in [9.17, 15) is 10.3 Å². The molecule has 9 nitrogen and oxygen atoms in total. The van der Waals surface area contributed by atoms with Crippen LogP contribution in [0.1, 0.15) is 5.56 Å². The number of para-hydroxylation sites is 1. The third-order valence-corrected chi connectivity index (χ3v) is 4.06. The van der Waals surface area contributed by atoms with Crippen molar-refractivity contribution in [3.63, 3.8) is 0 Å². The van der Waals surface area contributed by atoms with Gasteiger partial charge in [-0.15, -0.1) is 5.06 Å². The Morgan fingerprint density at radius 2 is 1.60 bits per heavy atom. The summed E-state index contributed by atoms with van der Waals surface area (Å²) in [5.74, 6) is -0.0618. The third-order valence-electron chi connectivity index (χ3n) is 2.85. The zero-order valence-electron chi connectivity index (χ0n) is 13.0. The first kappa shape index (κ1) is 21.2. The van der Waals surface area contributed by atoms with Gasteiger partial charge >= 0.3 is 6.10 Å². The molecule has 0 saturated carbocycles. The molecular weight excluding hydrogens is 352 g/mol. The predicted octanol–water partition coefficient (Wildman–Crippen LogP) is -0.167. The predicted molar refractivity (Wildman–Crippen MR) is 89.1 cm³/mol. The highest BCUT2D eigenvalue weighted by Gasteiger charge is 2.28. The molecule has 0 aliphatic carbocycles. The summed E-state index contributed by atoms with van der Waals surface area (Å²) in [5.41, 5.74) is 6.80. The van der Waals surface area contributed by atoms with Crippen molar-refractivity contribution in [2.75, 3.05) is 12.5 Å². The quantitative estimate of drug-likeness (QED) is 0.200. The fraction of sp³-hybridized carbons (Fsp3) is 0.200. The van der Waals surface area contributed by atoms with Crippen molar-refractivity contribution < 1.29 is 35.8 Å². The summed E-state index contributed by atoms with van der Waals surface area (Å²) in [6.45, 7) is -1.17. The van der Waals surface area contributed by atoms with E-state index < -0.39 is 19.4 Å². The van der Waals surface area contributed by atoms with E-state index in [2.05, 4.69) is 0 Å². The van der Waals surface area contributed by atoms with Crippen LogP contribution in [0.3, 0.4) is 0 Å². The van der Waals surface area contributed by atoms with Crippen molar-refractivity contribution in [2.45, 2.75) is 22.4 Å². The van der Waals surface area contributed by atoms with Gasteiger partial charge in [-0.2, -0.15) is 0 Å². The molecule has 138 valence electrons. The molecule has 0 radical (unpaired) electrons. The fourth-order valence-corrected chi connectivity index (χ4v) is 2.71. The number of nitrogens with zero attached hydrogens (tertiary/aromatic N) is 1. The molecule has 0 amide bonds. The summed E-state index contributed by atoms with van der Waals surface area (Å²) >= 11 is 1.28. The number of nitrogen functional groups attached to an aromatic ring is 1. The Kier molecular flexibility index (Phi) is 8.09. The molecule has 0 aliphatic heterocycles. The van der Waals surface area contributed by atoms with Crippen molar-refractivity contribution in [1.82, 2.24) is 5.06 Å². The molecule has 0 bridgehead atoms. The summed E-state index contributed by atoms with van der Waals surface area (Å²) < 4.78 is 0. The van der Waals surface area contributed by atoms with Crippen LogP contribution in [0.25, 0.3) is 0 Å². The van der Waals surface area contributed by atoms with Crippen molar-refractivity contribution in [3.05, 3.63) is 48.0 Å². The van der Waals surface area contributed by atoms with Gasteiger partial charge in [0.05, 0.1) is 6.54 Å². The standard InChI is InChI=1S/C14H16N2O5S.CH4O2/c15-11-3-1-2-4-13(11)22-12-6-5-10(17)7-9(12)8-16(21)14(18,19)20;2-1-3/h1-7,17-21H,8,15H2;2-3H,1H2. The van der Waals surface area contributed by atoms with Gasteiger partial charge in [0.2, 0.25) is 0 Å². The van der Waals surface area contributed by atoms with E-state index in [0.717, 1.165) is 4.90 Å². The molecule has 0 heterocycles. The van der Waals surface area contributed by atoms with E-state index in [1.165, 1.54) is 23.9 Å². The van der Waals surface area contributed by atoms with E-state index in [1.54, 1.807) is 18.2 Å². The Balaban J connectivity index is 0.000000970. The molecule has 2 aromatic carbocycles. The van der Waals surface area contributed by atoms with E-state index in [4.69, 9.17) is 31.3 Å². The Morgan fingerprint density at radius 3 is 2.16 bits per heavy atom. The van der Waals surface area contributed by atoms with Crippen LogP contribution in [-0.4, -0.2) is 53.8 Å².